The minimum atomic E-state index is -0.937. The van der Waals surface area contributed by atoms with Crippen molar-refractivity contribution in [3.63, 3.8) is 0 Å². The van der Waals surface area contributed by atoms with Crippen molar-refractivity contribution in [1.29, 1.82) is 0 Å². The number of hydrogen-bond donors (Lipinski definition) is 2. The minimum Gasteiger partial charge on any atom is -0.381 e. The molecule has 2 aromatic rings. The summed E-state index contributed by atoms with van der Waals surface area (Å²) in [6.45, 7) is 0.316. The number of carbonyl (C=O) groups excluding carboxylic acids is 1. The van der Waals surface area contributed by atoms with Gasteiger partial charge in [0.05, 0.1) is 12.6 Å². The van der Waals surface area contributed by atoms with E-state index >= 15 is 0 Å². The molecule has 7 heteroatoms. The smallest absolute Gasteiger partial charge is 0.262 e. The summed E-state index contributed by atoms with van der Waals surface area (Å²) >= 11 is 0. The Morgan fingerprint density at radius 1 is 1.24 bits per heavy atom. The van der Waals surface area contributed by atoms with Crippen LogP contribution in [0.1, 0.15) is 67.5 Å². The molecule has 2 saturated carbocycles. The van der Waals surface area contributed by atoms with Crippen LogP contribution in [0.4, 0.5) is 0 Å². The molecule has 1 atom stereocenters. The summed E-state index contributed by atoms with van der Waals surface area (Å²) in [5.41, 5.74) is 8.94. The first-order valence-electron chi connectivity index (χ1n) is 12.4. The Bertz CT molecular complexity index is 1080. The summed E-state index contributed by atoms with van der Waals surface area (Å²) in [5, 5.41) is 0. The average molecular weight is 448 g/mol. The number of aryl methyl sites for hydroxylation is 1. The zero-order chi connectivity index (χ0) is 22.6. The molecule has 1 amide bonds. The molecule has 6 rings (SSSR count). The van der Waals surface area contributed by atoms with Gasteiger partial charge in [-0.05, 0) is 67.6 Å². The Kier molecular flexibility index (Phi) is 4.87. The molecular weight excluding hydrogens is 414 g/mol. The molecule has 2 fully saturated rings. The molecule has 4 aliphatic rings. The van der Waals surface area contributed by atoms with E-state index in [1.54, 1.807) is 24.4 Å². The van der Waals surface area contributed by atoms with Gasteiger partial charge in [0.2, 0.25) is 0 Å². The molecule has 2 heterocycles. The fraction of sp³-hybridized carbons (Fsp3) is 0.577. The molecule has 3 aliphatic carbocycles. The van der Waals surface area contributed by atoms with Crippen LogP contribution < -0.4 is 5.73 Å². The highest BCUT2D eigenvalue weighted by atomic mass is 16.5. The highest BCUT2D eigenvalue weighted by molar-refractivity contribution is 6.08. The maximum Gasteiger partial charge on any atom is 0.262 e. The summed E-state index contributed by atoms with van der Waals surface area (Å²) in [6, 6.07) is 6.80. The van der Waals surface area contributed by atoms with Crippen LogP contribution >= 0.6 is 0 Å². The number of guanidine groups is 1. The van der Waals surface area contributed by atoms with Crippen LogP contribution in [0.25, 0.3) is 0 Å². The Labute approximate surface area is 194 Å². The van der Waals surface area contributed by atoms with Crippen molar-refractivity contribution in [3.05, 3.63) is 53.1 Å². The Hall–Kier alpha value is -2.67. The second-order valence-electron chi connectivity index (χ2n) is 10.5. The maximum atomic E-state index is 14.3. The molecule has 3 N–H and O–H groups in total. The molecule has 33 heavy (non-hydrogen) atoms. The zero-order valence-electron chi connectivity index (χ0n) is 19.3. The van der Waals surface area contributed by atoms with Gasteiger partial charge in [-0.2, -0.15) is 0 Å². The van der Waals surface area contributed by atoms with E-state index in [4.69, 9.17) is 15.5 Å². The summed E-state index contributed by atoms with van der Waals surface area (Å²) in [5.74, 6) is 1.91. The van der Waals surface area contributed by atoms with Crippen LogP contribution in [-0.4, -0.2) is 39.9 Å². The highest BCUT2D eigenvalue weighted by Gasteiger charge is 2.66. The lowest BCUT2D eigenvalue weighted by Crippen LogP contribution is -2.52. The zero-order valence-corrected chi connectivity index (χ0v) is 19.3. The third-order valence-corrected chi connectivity index (χ3v) is 8.60. The quantitative estimate of drug-likeness (QED) is 0.709. The fourth-order valence-corrected chi connectivity index (χ4v) is 6.53. The second kappa shape index (κ2) is 7.69. The third-order valence-electron chi connectivity index (χ3n) is 8.60. The number of nitrogens with two attached hydrogens (primary N) is 1. The number of nitrogens with one attached hydrogen (secondary N) is 1. The van der Waals surface area contributed by atoms with E-state index in [-0.39, 0.29) is 17.4 Å². The third kappa shape index (κ3) is 3.23. The van der Waals surface area contributed by atoms with Gasteiger partial charge >= 0.3 is 0 Å². The van der Waals surface area contributed by atoms with E-state index in [2.05, 4.69) is 28.2 Å². The molecule has 0 bridgehead atoms. The summed E-state index contributed by atoms with van der Waals surface area (Å²) < 4.78 is 5.67. The molecule has 1 aromatic carbocycles. The monoisotopic (exact) mass is 447 g/mol. The van der Waals surface area contributed by atoms with E-state index in [1.807, 2.05) is 0 Å². The van der Waals surface area contributed by atoms with E-state index < -0.39 is 5.54 Å². The summed E-state index contributed by atoms with van der Waals surface area (Å²) in [4.78, 5) is 28.4. The van der Waals surface area contributed by atoms with Gasteiger partial charge in [-0.3, -0.25) is 9.69 Å². The fourth-order valence-electron chi connectivity index (χ4n) is 6.53. The predicted octanol–water partition coefficient (Wildman–Crippen LogP) is 3.44. The number of benzene rings is 1. The number of hydrogen-bond acceptors (Lipinski definition) is 5. The number of aliphatic imine (C=N–C) groups is 1. The van der Waals surface area contributed by atoms with E-state index in [0.29, 0.717) is 18.3 Å². The minimum absolute atomic E-state index is 0.00496. The van der Waals surface area contributed by atoms with Gasteiger partial charge < -0.3 is 15.5 Å². The lowest BCUT2D eigenvalue weighted by atomic mass is 9.61. The van der Waals surface area contributed by atoms with Gasteiger partial charge in [-0.25, -0.2) is 9.98 Å². The Morgan fingerprint density at radius 3 is 2.76 bits per heavy atom. The van der Waals surface area contributed by atoms with Crippen molar-refractivity contribution in [1.82, 2.24) is 14.9 Å². The molecule has 1 aliphatic heterocycles. The van der Waals surface area contributed by atoms with Crippen LogP contribution in [-0.2, 0) is 34.5 Å². The Balaban J connectivity index is 1.41. The second-order valence-corrected chi connectivity index (χ2v) is 10.5. The van der Waals surface area contributed by atoms with Gasteiger partial charge in [0.25, 0.3) is 5.91 Å². The molecule has 1 aromatic heterocycles. The topological polar surface area (TPSA) is 96.6 Å². The van der Waals surface area contributed by atoms with Gasteiger partial charge in [-0.15, -0.1) is 0 Å². The van der Waals surface area contributed by atoms with Crippen LogP contribution in [0.5, 0.6) is 0 Å². The van der Waals surface area contributed by atoms with Gasteiger partial charge in [0, 0.05) is 24.9 Å². The number of amides is 1. The number of methoxy groups -OCH3 is 1. The standard InChI is InChI=1S/C26H33N5O2/c1-33-20-8-10-25(11-9-20)15-19-7-6-18(5-4-17-2-3-17)14-21(19)26(25)23(32)31(24(27)30-26)16-22-28-12-13-29-22/h6-7,12-14,17,20H,2-5,8-11,15-16H2,1H3,(H2,27,30)(H,28,29). The number of aromatic amines is 1. The number of H-pyrrole nitrogens is 1. The van der Waals surface area contributed by atoms with Gasteiger partial charge in [0.1, 0.15) is 5.82 Å². The first-order valence-corrected chi connectivity index (χ1v) is 12.4. The normalized spacial score (nSPS) is 30.9. The molecule has 174 valence electrons. The summed E-state index contributed by atoms with van der Waals surface area (Å²) in [7, 11) is 1.79. The van der Waals surface area contributed by atoms with Crippen molar-refractivity contribution < 1.29 is 9.53 Å². The molecule has 1 unspecified atom stereocenters. The number of carbonyl (C=O) groups is 1. The number of aromatic nitrogens is 2. The first kappa shape index (κ1) is 20.9. The van der Waals surface area contributed by atoms with Crippen molar-refractivity contribution in [2.24, 2.45) is 22.1 Å². The number of nitrogens with zero attached hydrogens (tertiary/aromatic N) is 3. The highest BCUT2D eigenvalue weighted by Crippen LogP contribution is 2.62. The number of rotatable bonds is 6. The van der Waals surface area contributed by atoms with Crippen LogP contribution in [0.15, 0.2) is 35.6 Å². The average Bonchev–Trinajstić information content (AvgIpc) is 3.36. The number of ether oxygens (including phenoxy) is 1. The number of imidazole rings is 1. The van der Waals surface area contributed by atoms with Crippen molar-refractivity contribution in [2.45, 2.75) is 76.0 Å². The van der Waals surface area contributed by atoms with Gasteiger partial charge in [0.15, 0.2) is 11.5 Å². The van der Waals surface area contributed by atoms with E-state index in [9.17, 15) is 4.79 Å². The van der Waals surface area contributed by atoms with E-state index in [0.717, 1.165) is 50.0 Å². The lowest BCUT2D eigenvalue weighted by molar-refractivity contribution is -0.138. The lowest BCUT2D eigenvalue weighted by Gasteiger charge is -2.45. The van der Waals surface area contributed by atoms with Gasteiger partial charge in [-0.1, -0.05) is 31.0 Å². The van der Waals surface area contributed by atoms with Crippen LogP contribution in [0.3, 0.4) is 0 Å². The first-order chi connectivity index (χ1) is 16.0. The molecule has 0 radical (unpaired) electrons. The van der Waals surface area contributed by atoms with Crippen molar-refractivity contribution in [3.8, 4) is 0 Å². The molecule has 2 spiro atoms. The largest absolute Gasteiger partial charge is 0.381 e. The van der Waals surface area contributed by atoms with Crippen molar-refractivity contribution >= 4 is 11.9 Å². The van der Waals surface area contributed by atoms with Crippen molar-refractivity contribution in [2.75, 3.05) is 7.11 Å². The maximum absolute atomic E-state index is 14.3. The van der Waals surface area contributed by atoms with Crippen LogP contribution in [0.2, 0.25) is 0 Å². The molecule has 7 nitrogen and oxygen atoms in total. The predicted molar refractivity (Wildman–Crippen MR) is 125 cm³/mol. The molecular formula is C26H33N5O2. The number of fused-ring (bicyclic) bond motifs is 3. The van der Waals surface area contributed by atoms with E-state index in [1.165, 1.54) is 30.4 Å². The summed E-state index contributed by atoms with van der Waals surface area (Å²) in [6.07, 6.45) is 13.3. The molecule has 0 saturated heterocycles. The Morgan fingerprint density at radius 2 is 2.06 bits per heavy atom. The van der Waals surface area contributed by atoms with Crippen LogP contribution in [0, 0.1) is 11.3 Å². The SMILES string of the molecule is COC1CCC2(CC1)Cc1ccc(CCC3CC3)cc1C21N=C(N)N(Cc2ncc[nH]2)C1=O.